The highest BCUT2D eigenvalue weighted by molar-refractivity contribution is 6.09. The predicted octanol–water partition coefficient (Wildman–Crippen LogP) is 12.8. The summed E-state index contributed by atoms with van der Waals surface area (Å²) in [4.78, 5) is 7.63. The number of rotatable bonds is 5. The van der Waals surface area contributed by atoms with Crippen LogP contribution in [-0.4, -0.2) is 4.98 Å². The van der Waals surface area contributed by atoms with Crippen LogP contribution in [0.5, 0.6) is 0 Å². The molecule has 1 aliphatic heterocycles. The maximum atomic E-state index is 6.49. The zero-order chi connectivity index (χ0) is 34.4. The molecule has 1 aliphatic rings. The van der Waals surface area contributed by atoms with E-state index in [0.29, 0.717) is 0 Å². The van der Waals surface area contributed by atoms with Gasteiger partial charge in [-0.05, 0) is 81.4 Å². The number of nitrogens with zero attached hydrogens (tertiary/aromatic N) is 2. The summed E-state index contributed by atoms with van der Waals surface area (Å²) in [5, 5.41) is 2.29. The van der Waals surface area contributed by atoms with Crippen molar-refractivity contribution in [2.75, 3.05) is 4.90 Å². The third-order valence-corrected chi connectivity index (χ3v) is 10.4. The first kappa shape index (κ1) is 30.1. The van der Waals surface area contributed by atoms with Gasteiger partial charge in [0.2, 0.25) is 0 Å². The van der Waals surface area contributed by atoms with E-state index in [-0.39, 0.29) is 0 Å². The molecule has 246 valence electrons. The van der Waals surface area contributed by atoms with Crippen LogP contribution in [-0.2, 0) is 13.1 Å². The van der Waals surface area contributed by atoms with Crippen molar-refractivity contribution in [3.05, 3.63) is 193 Å². The molecule has 52 heavy (non-hydrogen) atoms. The van der Waals surface area contributed by atoms with Gasteiger partial charge in [0.15, 0.2) is 0 Å². The van der Waals surface area contributed by atoms with E-state index in [4.69, 9.17) is 9.40 Å². The van der Waals surface area contributed by atoms with Crippen molar-refractivity contribution >= 4 is 27.6 Å². The molecule has 2 aromatic heterocycles. The molecule has 0 saturated carbocycles. The third kappa shape index (κ3) is 5.35. The lowest BCUT2D eigenvalue weighted by atomic mass is 9.90. The second-order valence-electron chi connectivity index (χ2n) is 13.6. The largest absolute Gasteiger partial charge is 0.455 e. The predicted molar refractivity (Wildman–Crippen MR) is 215 cm³/mol. The molecule has 0 fully saturated rings. The summed E-state index contributed by atoms with van der Waals surface area (Å²) < 4.78 is 6.49. The van der Waals surface area contributed by atoms with Gasteiger partial charge in [-0.1, -0.05) is 140 Å². The van der Waals surface area contributed by atoms with E-state index in [1.807, 2.05) is 6.07 Å². The Bertz CT molecular complexity index is 2670. The molecule has 3 nitrogen and oxygen atoms in total. The lowest BCUT2D eigenvalue weighted by Crippen LogP contribution is -2.20. The fourth-order valence-electron chi connectivity index (χ4n) is 7.77. The number of anilines is 1. The zero-order valence-corrected chi connectivity index (χ0v) is 28.5. The zero-order valence-electron chi connectivity index (χ0n) is 28.5. The highest BCUT2D eigenvalue weighted by Crippen LogP contribution is 2.42. The molecule has 0 bridgehead atoms. The van der Waals surface area contributed by atoms with Gasteiger partial charge in [-0.25, -0.2) is 4.98 Å². The molecule has 9 aromatic rings. The summed E-state index contributed by atoms with van der Waals surface area (Å²) in [6, 6.07) is 64.9. The molecule has 0 aliphatic carbocycles. The van der Waals surface area contributed by atoms with Crippen molar-refractivity contribution in [1.82, 2.24) is 4.98 Å². The fourth-order valence-corrected chi connectivity index (χ4v) is 7.77. The highest BCUT2D eigenvalue weighted by atomic mass is 16.3. The van der Waals surface area contributed by atoms with Crippen LogP contribution in [0.2, 0.25) is 0 Å². The minimum atomic E-state index is 0.791. The molecule has 3 heteroatoms. The quantitative estimate of drug-likeness (QED) is 0.183. The summed E-state index contributed by atoms with van der Waals surface area (Å²) in [7, 11) is 0. The first-order chi connectivity index (χ1) is 25.7. The van der Waals surface area contributed by atoms with Gasteiger partial charge in [0.1, 0.15) is 11.2 Å². The standard InChI is InChI=1S/C49H34N2O/c1-4-13-33(14-5-1)46-29-38(30-47(50-46)34-15-6-2-7-16-34)35-23-24-37-31-51(40-17-8-3-9-18-40)32-39-27-36(25-26-41(39)45(37)28-35)42-20-12-21-44-43-19-10-11-22-48(43)52-49(42)44/h1-30H,31-32H2. The van der Waals surface area contributed by atoms with Gasteiger partial charge in [-0.2, -0.15) is 0 Å². The first-order valence-corrected chi connectivity index (χ1v) is 17.9. The van der Waals surface area contributed by atoms with Crippen LogP contribution in [0.3, 0.4) is 0 Å². The molecule has 0 N–H and O–H groups in total. The van der Waals surface area contributed by atoms with E-state index in [9.17, 15) is 0 Å². The molecule has 7 aromatic carbocycles. The number of benzene rings is 7. The molecule has 0 radical (unpaired) electrons. The summed E-state index contributed by atoms with van der Waals surface area (Å²) in [6.45, 7) is 1.60. The summed E-state index contributed by atoms with van der Waals surface area (Å²) in [6.07, 6.45) is 0. The summed E-state index contributed by atoms with van der Waals surface area (Å²) in [5.74, 6) is 0. The van der Waals surface area contributed by atoms with Gasteiger partial charge in [-0.15, -0.1) is 0 Å². The number of hydrogen-bond acceptors (Lipinski definition) is 3. The van der Waals surface area contributed by atoms with E-state index < -0.39 is 0 Å². The van der Waals surface area contributed by atoms with Crippen LogP contribution in [0.4, 0.5) is 5.69 Å². The van der Waals surface area contributed by atoms with Crippen LogP contribution < -0.4 is 4.90 Å². The molecular weight excluding hydrogens is 633 g/mol. The van der Waals surface area contributed by atoms with Crippen LogP contribution in [0.1, 0.15) is 11.1 Å². The number of hydrogen-bond donors (Lipinski definition) is 0. The average molecular weight is 667 g/mol. The van der Waals surface area contributed by atoms with Gasteiger partial charge < -0.3 is 9.32 Å². The van der Waals surface area contributed by atoms with Crippen molar-refractivity contribution in [1.29, 1.82) is 0 Å². The Balaban J connectivity index is 1.14. The Kier molecular flexibility index (Phi) is 7.28. The number of para-hydroxylation sites is 3. The normalized spacial score (nSPS) is 12.4. The Morgan fingerprint density at radius 3 is 1.79 bits per heavy atom. The Morgan fingerprint density at radius 2 is 1.04 bits per heavy atom. The summed E-state index contributed by atoms with van der Waals surface area (Å²) >= 11 is 0. The molecule has 0 amide bonds. The van der Waals surface area contributed by atoms with Crippen LogP contribution >= 0.6 is 0 Å². The Morgan fingerprint density at radius 1 is 0.404 bits per heavy atom. The molecular formula is C49H34N2O. The Labute approximate surface area is 303 Å². The molecule has 3 heterocycles. The second kappa shape index (κ2) is 12.6. The minimum absolute atomic E-state index is 0.791. The lowest BCUT2D eigenvalue weighted by Gasteiger charge is -2.24. The van der Waals surface area contributed by atoms with E-state index in [0.717, 1.165) is 74.2 Å². The van der Waals surface area contributed by atoms with E-state index >= 15 is 0 Å². The van der Waals surface area contributed by atoms with E-state index in [2.05, 4.69) is 181 Å². The van der Waals surface area contributed by atoms with Gasteiger partial charge in [-0.3, -0.25) is 0 Å². The van der Waals surface area contributed by atoms with Gasteiger partial charge in [0.05, 0.1) is 11.4 Å². The molecule has 0 spiro atoms. The smallest absolute Gasteiger partial charge is 0.143 e. The van der Waals surface area contributed by atoms with Crippen LogP contribution in [0.25, 0.3) is 77.8 Å². The van der Waals surface area contributed by atoms with Crippen molar-refractivity contribution in [2.24, 2.45) is 0 Å². The highest BCUT2D eigenvalue weighted by Gasteiger charge is 2.22. The summed E-state index contributed by atoms with van der Waals surface area (Å²) in [5.41, 5.74) is 16.9. The fraction of sp³-hybridized carbons (Fsp3) is 0.0408. The Hall–Kier alpha value is -6.71. The maximum Gasteiger partial charge on any atom is 0.143 e. The SMILES string of the molecule is c1ccc(-c2cc(-c3ccc4c(c3)-c3ccc(-c5cccc6c5oc5ccccc56)cc3CN(c3ccccc3)C4)cc(-c3ccccc3)n2)cc1. The molecule has 0 saturated heterocycles. The topological polar surface area (TPSA) is 29.3 Å². The number of aromatic nitrogens is 1. The van der Waals surface area contributed by atoms with Crippen molar-refractivity contribution < 1.29 is 4.42 Å². The number of furan rings is 1. The van der Waals surface area contributed by atoms with Gasteiger partial charge in [0, 0.05) is 46.2 Å². The van der Waals surface area contributed by atoms with Crippen molar-refractivity contribution in [2.45, 2.75) is 13.1 Å². The lowest BCUT2D eigenvalue weighted by molar-refractivity contribution is 0.670. The minimum Gasteiger partial charge on any atom is -0.455 e. The average Bonchev–Trinajstić information content (AvgIpc) is 3.52. The molecule has 0 atom stereocenters. The molecule has 0 unspecified atom stereocenters. The van der Waals surface area contributed by atoms with Crippen molar-refractivity contribution in [3.63, 3.8) is 0 Å². The maximum absolute atomic E-state index is 6.49. The van der Waals surface area contributed by atoms with Crippen LogP contribution in [0, 0.1) is 0 Å². The van der Waals surface area contributed by atoms with E-state index in [1.54, 1.807) is 0 Å². The van der Waals surface area contributed by atoms with Crippen LogP contribution in [0.15, 0.2) is 186 Å². The van der Waals surface area contributed by atoms with Crippen molar-refractivity contribution in [3.8, 4) is 55.9 Å². The number of pyridine rings is 1. The van der Waals surface area contributed by atoms with Gasteiger partial charge >= 0.3 is 0 Å². The second-order valence-corrected chi connectivity index (χ2v) is 13.6. The van der Waals surface area contributed by atoms with E-state index in [1.165, 1.54) is 33.5 Å². The monoisotopic (exact) mass is 666 g/mol. The van der Waals surface area contributed by atoms with Gasteiger partial charge in [0.25, 0.3) is 0 Å². The third-order valence-electron chi connectivity index (χ3n) is 10.4. The first-order valence-electron chi connectivity index (χ1n) is 17.9. The molecule has 10 rings (SSSR count). The number of fused-ring (bicyclic) bond motifs is 6.